The molecule has 5 nitrogen and oxygen atoms in total. The second kappa shape index (κ2) is 6.32. The first-order valence-electron chi connectivity index (χ1n) is 6.54. The van der Waals surface area contributed by atoms with Crippen LogP contribution in [-0.4, -0.2) is 22.1 Å². The van der Waals surface area contributed by atoms with Gasteiger partial charge in [-0.3, -0.25) is 9.78 Å². The van der Waals surface area contributed by atoms with Gasteiger partial charge in [-0.05, 0) is 24.3 Å². The van der Waals surface area contributed by atoms with Crippen molar-refractivity contribution in [2.75, 3.05) is 0 Å². The molecule has 3 rings (SSSR count). The summed E-state index contributed by atoms with van der Waals surface area (Å²) < 4.78 is 0. The molecule has 1 amide bonds. The number of carbonyl (C=O) groups excluding carboxylic acids is 1. The molecule has 1 heterocycles. The van der Waals surface area contributed by atoms with Crippen molar-refractivity contribution in [1.82, 2.24) is 15.4 Å². The lowest BCUT2D eigenvalue weighted by Crippen LogP contribution is -2.18. The summed E-state index contributed by atoms with van der Waals surface area (Å²) in [5.41, 5.74) is 4.91. The lowest BCUT2D eigenvalue weighted by molar-refractivity contribution is 0.0955. The number of fused-ring (bicyclic) bond motifs is 1. The van der Waals surface area contributed by atoms with Gasteiger partial charge in [0.2, 0.25) is 0 Å². The maximum atomic E-state index is 11.9. The number of nitrogens with one attached hydrogen (secondary N) is 1. The minimum Gasteiger partial charge on any atom is -0.267 e. The quantitative estimate of drug-likeness (QED) is 0.597. The summed E-state index contributed by atoms with van der Waals surface area (Å²) in [4.78, 5) is 20.6. The van der Waals surface area contributed by atoms with Crippen LogP contribution in [0.2, 0.25) is 5.02 Å². The molecule has 0 fully saturated rings. The Morgan fingerprint density at radius 1 is 1.09 bits per heavy atom. The molecule has 0 aliphatic heterocycles. The first-order valence-corrected chi connectivity index (χ1v) is 6.91. The summed E-state index contributed by atoms with van der Waals surface area (Å²) in [6.45, 7) is 0. The van der Waals surface area contributed by atoms with E-state index >= 15 is 0 Å². The van der Waals surface area contributed by atoms with Crippen LogP contribution >= 0.6 is 11.6 Å². The summed E-state index contributed by atoms with van der Waals surface area (Å²) in [5.74, 6) is -0.379. The van der Waals surface area contributed by atoms with E-state index in [0.29, 0.717) is 16.3 Å². The van der Waals surface area contributed by atoms with Gasteiger partial charge in [0.1, 0.15) is 5.69 Å². The van der Waals surface area contributed by atoms with Crippen LogP contribution in [0.15, 0.2) is 59.8 Å². The number of para-hydroxylation sites is 2. The Bertz CT molecular complexity index is 863. The Balaban J connectivity index is 1.73. The Hall–Kier alpha value is -2.79. The van der Waals surface area contributed by atoms with E-state index in [1.54, 1.807) is 30.5 Å². The number of hydrogen-bond acceptors (Lipinski definition) is 4. The van der Waals surface area contributed by atoms with Gasteiger partial charge in [-0.2, -0.15) is 5.10 Å². The fourth-order valence-corrected chi connectivity index (χ4v) is 2.12. The zero-order valence-corrected chi connectivity index (χ0v) is 12.2. The Morgan fingerprint density at radius 3 is 2.64 bits per heavy atom. The molecule has 1 N–H and O–H groups in total. The number of hydrazone groups is 1. The maximum absolute atomic E-state index is 11.9. The monoisotopic (exact) mass is 310 g/mol. The van der Waals surface area contributed by atoms with E-state index in [9.17, 15) is 4.79 Å². The van der Waals surface area contributed by atoms with E-state index < -0.39 is 0 Å². The molecule has 0 unspecified atom stereocenters. The molecule has 22 heavy (non-hydrogen) atoms. The summed E-state index contributed by atoms with van der Waals surface area (Å²) in [7, 11) is 0. The van der Waals surface area contributed by atoms with Crippen molar-refractivity contribution in [3.8, 4) is 0 Å². The van der Waals surface area contributed by atoms with E-state index in [4.69, 9.17) is 11.6 Å². The fraction of sp³-hybridized carbons (Fsp3) is 0. The number of aromatic nitrogens is 2. The third-order valence-corrected chi connectivity index (χ3v) is 3.28. The van der Waals surface area contributed by atoms with Crippen LogP contribution in [0, 0.1) is 0 Å². The molecule has 2 aromatic carbocycles. The molecule has 0 radical (unpaired) electrons. The van der Waals surface area contributed by atoms with Crippen molar-refractivity contribution < 1.29 is 4.79 Å². The Labute approximate surface area is 131 Å². The maximum Gasteiger partial charge on any atom is 0.272 e. The van der Waals surface area contributed by atoms with Crippen LogP contribution in [0.1, 0.15) is 16.1 Å². The van der Waals surface area contributed by atoms with E-state index in [1.165, 1.54) is 6.21 Å². The molecular formula is C16H11ClN4O. The van der Waals surface area contributed by atoms with Crippen molar-refractivity contribution in [3.63, 3.8) is 0 Å². The number of rotatable bonds is 3. The number of hydrogen-bond donors (Lipinski definition) is 1. The van der Waals surface area contributed by atoms with Crippen molar-refractivity contribution in [3.05, 3.63) is 71.0 Å². The third kappa shape index (κ3) is 3.10. The molecular weight excluding hydrogens is 300 g/mol. The van der Waals surface area contributed by atoms with Crippen molar-refractivity contribution >= 4 is 34.8 Å². The van der Waals surface area contributed by atoms with E-state index in [2.05, 4.69) is 20.5 Å². The van der Waals surface area contributed by atoms with Gasteiger partial charge in [-0.25, -0.2) is 10.4 Å². The van der Waals surface area contributed by atoms with Gasteiger partial charge in [0, 0.05) is 0 Å². The normalized spacial score (nSPS) is 11.0. The number of nitrogens with zero attached hydrogens (tertiary/aromatic N) is 3. The first kappa shape index (κ1) is 14.2. The Morgan fingerprint density at radius 2 is 1.82 bits per heavy atom. The molecule has 0 spiro atoms. The highest BCUT2D eigenvalue weighted by Crippen LogP contribution is 2.14. The van der Waals surface area contributed by atoms with E-state index in [1.807, 2.05) is 24.3 Å². The summed E-state index contributed by atoms with van der Waals surface area (Å²) in [6.07, 6.45) is 3.03. The van der Waals surface area contributed by atoms with Crippen LogP contribution in [-0.2, 0) is 0 Å². The van der Waals surface area contributed by atoms with Crippen molar-refractivity contribution in [2.45, 2.75) is 0 Å². The standard InChI is InChI=1S/C16H11ClN4O/c17-13-6-2-1-5-12(13)16(22)21-19-10-11-9-18-14-7-3-4-8-15(14)20-11/h1-10H,(H,21,22)/b19-10-. The molecule has 1 aromatic heterocycles. The van der Waals surface area contributed by atoms with Crippen molar-refractivity contribution in [2.24, 2.45) is 5.10 Å². The lowest BCUT2D eigenvalue weighted by Gasteiger charge is -2.01. The zero-order valence-electron chi connectivity index (χ0n) is 11.4. The minimum atomic E-state index is -0.379. The summed E-state index contributed by atoms with van der Waals surface area (Å²) >= 11 is 5.95. The first-order chi connectivity index (χ1) is 10.7. The second-order valence-electron chi connectivity index (χ2n) is 4.46. The molecule has 0 bridgehead atoms. The number of carbonyl (C=O) groups is 1. The largest absolute Gasteiger partial charge is 0.272 e. The molecule has 3 aromatic rings. The van der Waals surface area contributed by atoms with Gasteiger partial charge < -0.3 is 0 Å². The second-order valence-corrected chi connectivity index (χ2v) is 4.87. The molecule has 0 atom stereocenters. The van der Waals surface area contributed by atoms with Gasteiger partial charge in [0.05, 0.1) is 34.0 Å². The lowest BCUT2D eigenvalue weighted by atomic mass is 10.2. The molecule has 0 aliphatic carbocycles. The molecule has 6 heteroatoms. The number of benzene rings is 2. The van der Waals surface area contributed by atoms with Gasteiger partial charge >= 0.3 is 0 Å². The van der Waals surface area contributed by atoms with Crippen LogP contribution in [0.25, 0.3) is 11.0 Å². The highest BCUT2D eigenvalue weighted by molar-refractivity contribution is 6.33. The van der Waals surface area contributed by atoms with Crippen molar-refractivity contribution in [1.29, 1.82) is 0 Å². The number of halogens is 1. The SMILES string of the molecule is O=C(N/N=C\c1cnc2ccccc2n1)c1ccccc1Cl. The van der Waals surface area contributed by atoms with Crippen LogP contribution in [0.4, 0.5) is 0 Å². The molecule has 0 aliphatic rings. The average Bonchev–Trinajstić information content (AvgIpc) is 2.55. The Kier molecular flexibility index (Phi) is 4.07. The molecule has 108 valence electrons. The van der Waals surface area contributed by atoms with Gasteiger partial charge in [0.15, 0.2) is 0 Å². The zero-order chi connectivity index (χ0) is 15.4. The van der Waals surface area contributed by atoms with E-state index in [-0.39, 0.29) is 5.91 Å². The predicted octanol–water partition coefficient (Wildman–Crippen LogP) is 3.05. The predicted molar refractivity (Wildman–Crippen MR) is 86.1 cm³/mol. The highest BCUT2D eigenvalue weighted by Gasteiger charge is 2.07. The summed E-state index contributed by atoms with van der Waals surface area (Å²) in [5, 5.41) is 4.26. The van der Waals surface area contributed by atoms with Gasteiger partial charge in [-0.15, -0.1) is 0 Å². The fourth-order valence-electron chi connectivity index (χ4n) is 1.90. The van der Waals surface area contributed by atoms with Crippen LogP contribution in [0.5, 0.6) is 0 Å². The van der Waals surface area contributed by atoms with Gasteiger partial charge in [-0.1, -0.05) is 35.9 Å². The van der Waals surface area contributed by atoms with Crippen LogP contribution < -0.4 is 5.43 Å². The minimum absolute atomic E-state index is 0.367. The molecule has 0 saturated carbocycles. The van der Waals surface area contributed by atoms with E-state index in [0.717, 1.165) is 11.0 Å². The number of amides is 1. The topological polar surface area (TPSA) is 67.2 Å². The third-order valence-electron chi connectivity index (χ3n) is 2.95. The molecule has 0 saturated heterocycles. The highest BCUT2D eigenvalue weighted by atomic mass is 35.5. The van der Waals surface area contributed by atoms with Gasteiger partial charge in [0.25, 0.3) is 5.91 Å². The van der Waals surface area contributed by atoms with Crippen LogP contribution in [0.3, 0.4) is 0 Å². The smallest absolute Gasteiger partial charge is 0.267 e. The average molecular weight is 311 g/mol. The summed E-state index contributed by atoms with van der Waals surface area (Å²) in [6, 6.07) is 14.3.